The predicted molar refractivity (Wildman–Crippen MR) is 130 cm³/mol. The molecule has 35 heavy (non-hydrogen) atoms. The van der Waals surface area contributed by atoms with E-state index in [0.29, 0.717) is 18.2 Å². The Kier molecular flexibility index (Phi) is 7.11. The third-order valence-electron chi connectivity index (χ3n) is 7.47. The molecule has 3 aliphatic rings. The molecule has 9 nitrogen and oxygen atoms in total. The number of nitrogens with zero attached hydrogens (tertiary/aromatic N) is 5. The molecule has 2 fully saturated rings. The second kappa shape index (κ2) is 10.6. The molecule has 2 aliphatic carbocycles. The number of carbonyl (C=O) groups excluding carboxylic acids is 1. The average Bonchev–Trinajstić information content (AvgIpc) is 3.66. The zero-order valence-corrected chi connectivity index (χ0v) is 20.5. The number of ether oxygens (including phenoxy) is 2. The summed E-state index contributed by atoms with van der Waals surface area (Å²) in [5, 5.41) is 16.1. The van der Waals surface area contributed by atoms with Gasteiger partial charge in [0, 0.05) is 24.6 Å². The summed E-state index contributed by atoms with van der Waals surface area (Å²) in [5.74, 6) is 1.84. The lowest BCUT2D eigenvalue weighted by Crippen LogP contribution is -2.35. The molecule has 2 atom stereocenters. The molecule has 2 aromatic rings. The molecule has 0 radical (unpaired) electrons. The molecule has 0 saturated heterocycles. The van der Waals surface area contributed by atoms with Crippen molar-refractivity contribution in [2.24, 2.45) is 21.4 Å². The van der Waals surface area contributed by atoms with Crippen LogP contribution in [0.15, 0.2) is 44.2 Å². The number of hydrogen-bond donors (Lipinski definition) is 0. The Hall–Kier alpha value is -3.23. The molecule has 9 heteroatoms. The maximum atomic E-state index is 12.5. The number of carbonyl (C=O) groups is 1. The highest BCUT2D eigenvalue weighted by Gasteiger charge is 2.28. The van der Waals surface area contributed by atoms with Crippen molar-refractivity contribution in [1.82, 2.24) is 10.1 Å². The van der Waals surface area contributed by atoms with E-state index in [-0.39, 0.29) is 24.8 Å². The molecule has 1 amide bonds. The first kappa shape index (κ1) is 23.5. The van der Waals surface area contributed by atoms with E-state index in [0.717, 1.165) is 66.8 Å². The average molecular weight is 480 g/mol. The smallest absolute Gasteiger partial charge is 0.410 e. The van der Waals surface area contributed by atoms with Crippen LogP contribution in [0.3, 0.4) is 0 Å². The fraction of sp³-hybridized carbons (Fsp3) is 0.577. The van der Waals surface area contributed by atoms with Gasteiger partial charge in [0.2, 0.25) is 0 Å². The van der Waals surface area contributed by atoms with E-state index >= 15 is 0 Å². The van der Waals surface area contributed by atoms with E-state index in [9.17, 15) is 4.79 Å². The normalized spacial score (nSPS) is 22.3. The molecule has 2 saturated carbocycles. The van der Waals surface area contributed by atoms with Gasteiger partial charge in [0.1, 0.15) is 18.9 Å². The molecule has 0 bridgehead atoms. The standard InChI is InChI=1S/C26H33N5O4/c1-17-23(16-33-26(32)31(2)20-7-3-4-8-20)25(35-29-17)18-10-12-21(13-11-18)34-22-9-5-6-19(14-22)24-15-27-30-28-24/h10-13,19-20,22H,3-9,14-16H2,1-2H3. The van der Waals surface area contributed by atoms with Gasteiger partial charge in [0.25, 0.3) is 0 Å². The van der Waals surface area contributed by atoms with E-state index in [4.69, 9.17) is 14.0 Å². The minimum Gasteiger partial charge on any atom is -0.490 e. The lowest BCUT2D eigenvalue weighted by Gasteiger charge is -2.29. The van der Waals surface area contributed by atoms with Crippen LogP contribution in [0.5, 0.6) is 5.75 Å². The van der Waals surface area contributed by atoms with Crippen LogP contribution >= 0.6 is 0 Å². The Bertz CT molecular complexity index is 1090. The highest BCUT2D eigenvalue weighted by atomic mass is 16.6. The summed E-state index contributed by atoms with van der Waals surface area (Å²) in [5.41, 5.74) is 3.46. The Morgan fingerprint density at radius 3 is 2.66 bits per heavy atom. The second-order valence-electron chi connectivity index (χ2n) is 9.79. The largest absolute Gasteiger partial charge is 0.490 e. The van der Waals surface area contributed by atoms with Crippen LogP contribution in [-0.2, 0) is 11.3 Å². The number of rotatable bonds is 7. The van der Waals surface area contributed by atoms with Crippen molar-refractivity contribution in [3.63, 3.8) is 0 Å². The van der Waals surface area contributed by atoms with Crippen molar-refractivity contribution >= 4 is 11.8 Å². The molecule has 0 spiro atoms. The summed E-state index contributed by atoms with van der Waals surface area (Å²) in [4.78, 5) is 14.3. The first-order valence-corrected chi connectivity index (χ1v) is 12.6. The highest BCUT2D eigenvalue weighted by molar-refractivity contribution is 5.89. The van der Waals surface area contributed by atoms with E-state index in [1.165, 1.54) is 12.8 Å². The summed E-state index contributed by atoms with van der Waals surface area (Å²) in [6, 6.07) is 8.11. The Morgan fingerprint density at radius 2 is 1.91 bits per heavy atom. The van der Waals surface area contributed by atoms with Crippen molar-refractivity contribution in [2.75, 3.05) is 13.6 Å². The first-order chi connectivity index (χ1) is 17.1. The summed E-state index contributed by atoms with van der Waals surface area (Å²) < 4.78 is 17.5. The first-order valence-electron chi connectivity index (χ1n) is 12.6. The van der Waals surface area contributed by atoms with Gasteiger partial charge in [0.05, 0.1) is 23.1 Å². The summed E-state index contributed by atoms with van der Waals surface area (Å²) >= 11 is 0. The SMILES string of the molecule is Cc1noc(-c2ccc(OC3CCCC(C4=NN=NC4)C3)cc2)c1COC(=O)N(C)C1CCCC1. The second-order valence-corrected chi connectivity index (χ2v) is 9.79. The van der Waals surface area contributed by atoms with Crippen molar-refractivity contribution in [3.05, 3.63) is 35.5 Å². The molecule has 1 aliphatic heterocycles. The van der Waals surface area contributed by atoms with Gasteiger partial charge in [-0.05, 0) is 74.9 Å². The summed E-state index contributed by atoms with van der Waals surface area (Å²) in [7, 11) is 1.82. The minimum absolute atomic E-state index is 0.130. The monoisotopic (exact) mass is 479 g/mol. The predicted octanol–water partition coefficient (Wildman–Crippen LogP) is 5.92. The molecule has 186 valence electrons. The number of benzene rings is 1. The highest BCUT2D eigenvalue weighted by Crippen LogP contribution is 2.32. The lowest BCUT2D eigenvalue weighted by atomic mass is 9.84. The minimum atomic E-state index is -0.302. The van der Waals surface area contributed by atoms with Gasteiger partial charge in [-0.25, -0.2) is 4.79 Å². The Balaban J connectivity index is 1.20. The van der Waals surface area contributed by atoms with Crippen LogP contribution in [0.2, 0.25) is 0 Å². The molecule has 2 unspecified atom stereocenters. The van der Waals surface area contributed by atoms with Crippen molar-refractivity contribution in [2.45, 2.75) is 77.0 Å². The van der Waals surface area contributed by atoms with Crippen molar-refractivity contribution in [3.8, 4) is 17.1 Å². The maximum absolute atomic E-state index is 12.5. The molecule has 1 aromatic heterocycles. The fourth-order valence-corrected chi connectivity index (χ4v) is 5.33. The van der Waals surface area contributed by atoms with Gasteiger partial charge in [0.15, 0.2) is 5.76 Å². The van der Waals surface area contributed by atoms with E-state index in [1.54, 1.807) is 4.90 Å². The quantitative estimate of drug-likeness (QED) is 0.490. The van der Waals surface area contributed by atoms with Crippen molar-refractivity contribution in [1.29, 1.82) is 0 Å². The topological polar surface area (TPSA) is 102 Å². The molecule has 0 N–H and O–H groups in total. The van der Waals surface area contributed by atoms with Crippen LogP contribution in [0.4, 0.5) is 4.79 Å². The Morgan fingerprint density at radius 1 is 1.11 bits per heavy atom. The number of aromatic nitrogens is 1. The number of hydrogen-bond acceptors (Lipinski definition) is 8. The van der Waals surface area contributed by atoms with Crippen LogP contribution in [-0.4, -0.2) is 47.6 Å². The molecule has 2 heterocycles. The van der Waals surface area contributed by atoms with Crippen molar-refractivity contribution < 1.29 is 18.8 Å². The van der Waals surface area contributed by atoms with Gasteiger partial charge >= 0.3 is 6.09 Å². The fourth-order valence-electron chi connectivity index (χ4n) is 5.33. The number of amides is 1. The Labute approximate surface area is 205 Å². The van der Waals surface area contributed by atoms with Gasteiger partial charge in [-0.15, -0.1) is 5.10 Å². The molecular formula is C26H33N5O4. The van der Waals surface area contributed by atoms with Crippen LogP contribution in [0.1, 0.15) is 62.6 Å². The van der Waals surface area contributed by atoms with Gasteiger partial charge < -0.3 is 18.9 Å². The van der Waals surface area contributed by atoms with Gasteiger partial charge in [-0.1, -0.05) is 18.0 Å². The van der Waals surface area contributed by atoms with Gasteiger partial charge in [-0.3, -0.25) is 0 Å². The van der Waals surface area contributed by atoms with Crippen LogP contribution in [0, 0.1) is 12.8 Å². The van der Waals surface area contributed by atoms with E-state index in [1.807, 2.05) is 38.2 Å². The third kappa shape index (κ3) is 5.39. The lowest BCUT2D eigenvalue weighted by molar-refractivity contribution is 0.0917. The molecule has 5 rings (SSSR count). The summed E-state index contributed by atoms with van der Waals surface area (Å²) in [6.45, 7) is 2.62. The zero-order chi connectivity index (χ0) is 24.2. The van der Waals surface area contributed by atoms with Crippen LogP contribution in [0.25, 0.3) is 11.3 Å². The number of aryl methyl sites for hydroxylation is 1. The van der Waals surface area contributed by atoms with E-state index in [2.05, 4.69) is 20.6 Å². The molecule has 1 aromatic carbocycles. The van der Waals surface area contributed by atoms with E-state index < -0.39 is 0 Å². The summed E-state index contributed by atoms with van der Waals surface area (Å²) in [6.07, 6.45) is 8.48. The third-order valence-corrected chi connectivity index (χ3v) is 7.47. The van der Waals surface area contributed by atoms with Gasteiger partial charge in [-0.2, -0.15) is 5.11 Å². The molecular weight excluding hydrogens is 446 g/mol. The maximum Gasteiger partial charge on any atom is 0.410 e. The zero-order valence-electron chi connectivity index (χ0n) is 20.5. The van der Waals surface area contributed by atoms with Crippen LogP contribution < -0.4 is 4.74 Å².